The maximum Gasteiger partial charge on any atom is 0.228 e. The van der Waals surface area contributed by atoms with Crippen LogP contribution in [0.25, 0.3) is 0 Å². The second kappa shape index (κ2) is 8.93. The highest BCUT2D eigenvalue weighted by molar-refractivity contribution is 5.80. The third-order valence-electron chi connectivity index (χ3n) is 6.15. The fraction of sp³-hybridized carbons (Fsp3) is 0.478. The highest BCUT2D eigenvalue weighted by Gasteiger charge is 2.34. The van der Waals surface area contributed by atoms with Crippen LogP contribution < -0.4 is 15.6 Å². The van der Waals surface area contributed by atoms with Gasteiger partial charge in [0.05, 0.1) is 13.0 Å². The van der Waals surface area contributed by atoms with Crippen molar-refractivity contribution in [2.24, 2.45) is 5.92 Å². The highest BCUT2D eigenvalue weighted by Crippen LogP contribution is 2.28. The van der Waals surface area contributed by atoms with Crippen LogP contribution in [-0.4, -0.2) is 48.6 Å². The van der Waals surface area contributed by atoms with Crippen molar-refractivity contribution >= 4 is 5.91 Å². The van der Waals surface area contributed by atoms with Gasteiger partial charge in [0, 0.05) is 49.4 Å². The number of aromatic nitrogens is 1. The van der Waals surface area contributed by atoms with Crippen LogP contribution in [0.4, 0.5) is 0 Å². The number of benzene rings is 1. The van der Waals surface area contributed by atoms with E-state index in [-0.39, 0.29) is 17.9 Å². The molecule has 3 heterocycles. The van der Waals surface area contributed by atoms with Crippen molar-refractivity contribution in [1.29, 1.82) is 0 Å². The molecule has 6 nitrogen and oxygen atoms in total. The first-order valence-corrected chi connectivity index (χ1v) is 10.5. The fourth-order valence-corrected chi connectivity index (χ4v) is 4.35. The van der Waals surface area contributed by atoms with Gasteiger partial charge in [-0.25, -0.2) is 0 Å². The maximum atomic E-state index is 12.8. The summed E-state index contributed by atoms with van der Waals surface area (Å²) in [5.41, 5.74) is 9.66. The summed E-state index contributed by atoms with van der Waals surface area (Å²) in [5, 5.41) is 0. The SMILES string of the molecule is COc1cccc(Cc2cccc(C3CCN(C(=O)C4CNNC4C)CC3)n2)c1. The molecule has 0 spiro atoms. The number of nitrogens with zero attached hydrogens (tertiary/aromatic N) is 2. The molecule has 4 rings (SSSR count). The molecule has 154 valence electrons. The number of methoxy groups -OCH3 is 1. The van der Waals surface area contributed by atoms with Gasteiger partial charge >= 0.3 is 0 Å². The van der Waals surface area contributed by atoms with Gasteiger partial charge in [-0.3, -0.25) is 20.6 Å². The van der Waals surface area contributed by atoms with Gasteiger partial charge < -0.3 is 9.64 Å². The van der Waals surface area contributed by atoms with E-state index in [1.54, 1.807) is 7.11 Å². The van der Waals surface area contributed by atoms with Crippen molar-refractivity contribution in [2.75, 3.05) is 26.7 Å². The second-order valence-corrected chi connectivity index (χ2v) is 8.10. The number of hydrogen-bond acceptors (Lipinski definition) is 5. The third-order valence-corrected chi connectivity index (χ3v) is 6.15. The maximum absolute atomic E-state index is 12.8. The molecule has 0 aliphatic carbocycles. The minimum atomic E-state index is 0.0378. The molecule has 6 heteroatoms. The lowest BCUT2D eigenvalue weighted by Gasteiger charge is -2.34. The Morgan fingerprint density at radius 3 is 2.72 bits per heavy atom. The van der Waals surface area contributed by atoms with E-state index in [4.69, 9.17) is 9.72 Å². The van der Waals surface area contributed by atoms with Crippen LogP contribution in [0.5, 0.6) is 5.75 Å². The number of amides is 1. The van der Waals surface area contributed by atoms with Crippen molar-refractivity contribution < 1.29 is 9.53 Å². The Bertz CT molecular complexity index is 848. The van der Waals surface area contributed by atoms with E-state index in [1.807, 2.05) is 17.0 Å². The first-order valence-electron chi connectivity index (χ1n) is 10.5. The fourth-order valence-electron chi connectivity index (χ4n) is 4.35. The Morgan fingerprint density at radius 2 is 2.00 bits per heavy atom. The first kappa shape index (κ1) is 19.9. The number of pyridine rings is 1. The number of hydrogen-bond donors (Lipinski definition) is 2. The smallest absolute Gasteiger partial charge is 0.228 e. The molecular weight excluding hydrogens is 364 g/mol. The number of piperidine rings is 1. The summed E-state index contributed by atoms with van der Waals surface area (Å²) in [4.78, 5) is 19.8. The summed E-state index contributed by atoms with van der Waals surface area (Å²) >= 11 is 0. The lowest BCUT2D eigenvalue weighted by molar-refractivity contribution is -0.136. The molecule has 2 unspecified atom stereocenters. The van der Waals surface area contributed by atoms with Gasteiger partial charge in [-0.05, 0) is 49.6 Å². The molecule has 1 amide bonds. The molecule has 1 aromatic heterocycles. The lowest BCUT2D eigenvalue weighted by atomic mass is 9.91. The van der Waals surface area contributed by atoms with Crippen molar-refractivity contribution in [1.82, 2.24) is 20.7 Å². The van der Waals surface area contributed by atoms with E-state index in [0.29, 0.717) is 12.5 Å². The van der Waals surface area contributed by atoms with Crippen LogP contribution in [0, 0.1) is 5.92 Å². The zero-order valence-corrected chi connectivity index (χ0v) is 17.2. The molecule has 2 atom stereocenters. The second-order valence-electron chi connectivity index (χ2n) is 8.10. The average Bonchev–Trinajstić information content (AvgIpc) is 3.19. The normalized spacial score (nSPS) is 22.6. The Labute approximate surface area is 172 Å². The molecule has 0 radical (unpaired) electrons. The van der Waals surface area contributed by atoms with Gasteiger partial charge in [0.2, 0.25) is 5.91 Å². The number of nitrogens with one attached hydrogen (secondary N) is 2. The number of carbonyl (C=O) groups excluding carboxylic acids is 1. The Balaban J connectivity index is 1.37. The molecule has 2 aliphatic rings. The standard InChI is InChI=1S/C23H30N4O2/c1-16-21(15-24-26-16)23(28)27-11-9-18(10-12-27)22-8-4-6-19(25-22)13-17-5-3-7-20(14-17)29-2/h3-8,14,16,18,21,24,26H,9-13,15H2,1-2H3. The van der Waals surface area contributed by atoms with Gasteiger partial charge in [0.1, 0.15) is 5.75 Å². The summed E-state index contributed by atoms with van der Waals surface area (Å²) in [6, 6.07) is 14.7. The Hall–Kier alpha value is -2.44. The Morgan fingerprint density at radius 1 is 1.21 bits per heavy atom. The van der Waals surface area contributed by atoms with Crippen molar-refractivity contribution in [3.63, 3.8) is 0 Å². The summed E-state index contributed by atoms with van der Waals surface area (Å²) in [6.45, 7) is 4.41. The molecule has 2 aromatic rings. The monoisotopic (exact) mass is 394 g/mol. The summed E-state index contributed by atoms with van der Waals surface area (Å²) in [7, 11) is 1.69. The molecule has 2 saturated heterocycles. The summed E-state index contributed by atoms with van der Waals surface area (Å²) in [6.07, 6.45) is 2.74. The molecule has 0 bridgehead atoms. The van der Waals surface area contributed by atoms with Crippen LogP contribution >= 0.6 is 0 Å². The molecule has 1 aromatic carbocycles. The van der Waals surface area contributed by atoms with Gasteiger partial charge in [-0.1, -0.05) is 18.2 Å². The molecule has 0 saturated carbocycles. The van der Waals surface area contributed by atoms with Gasteiger partial charge in [0.25, 0.3) is 0 Å². The van der Waals surface area contributed by atoms with E-state index >= 15 is 0 Å². The van der Waals surface area contributed by atoms with Crippen molar-refractivity contribution in [2.45, 2.75) is 38.1 Å². The quantitative estimate of drug-likeness (QED) is 0.816. The molecule has 2 aliphatic heterocycles. The molecule has 29 heavy (non-hydrogen) atoms. The van der Waals surface area contributed by atoms with Crippen LogP contribution in [0.1, 0.15) is 42.6 Å². The highest BCUT2D eigenvalue weighted by atomic mass is 16.5. The van der Waals surface area contributed by atoms with Crippen molar-refractivity contribution in [3.8, 4) is 5.75 Å². The van der Waals surface area contributed by atoms with Crippen LogP contribution in [0.15, 0.2) is 42.5 Å². The van der Waals surface area contributed by atoms with Gasteiger partial charge in [-0.15, -0.1) is 0 Å². The minimum Gasteiger partial charge on any atom is -0.497 e. The van der Waals surface area contributed by atoms with Crippen molar-refractivity contribution in [3.05, 3.63) is 59.4 Å². The third kappa shape index (κ3) is 4.60. The summed E-state index contributed by atoms with van der Waals surface area (Å²) in [5.74, 6) is 1.60. The molecule has 2 N–H and O–H groups in total. The first-order chi connectivity index (χ1) is 14.1. The predicted molar refractivity (Wildman–Crippen MR) is 113 cm³/mol. The van der Waals surface area contributed by atoms with Crippen LogP contribution in [0.2, 0.25) is 0 Å². The largest absolute Gasteiger partial charge is 0.497 e. The van der Waals surface area contributed by atoms with Gasteiger partial charge in [-0.2, -0.15) is 0 Å². The Kier molecular flexibility index (Phi) is 6.11. The average molecular weight is 395 g/mol. The van der Waals surface area contributed by atoms with Gasteiger partial charge in [0.15, 0.2) is 0 Å². The lowest BCUT2D eigenvalue weighted by Crippen LogP contribution is -2.44. The van der Waals surface area contributed by atoms with E-state index < -0.39 is 0 Å². The summed E-state index contributed by atoms with van der Waals surface area (Å²) < 4.78 is 5.32. The zero-order chi connectivity index (χ0) is 20.2. The number of carbonyl (C=O) groups is 1. The van der Waals surface area contributed by atoms with Crippen LogP contribution in [-0.2, 0) is 11.2 Å². The molecular formula is C23H30N4O2. The number of ether oxygens (including phenoxy) is 1. The number of rotatable bonds is 5. The minimum absolute atomic E-state index is 0.0378. The van der Waals surface area contributed by atoms with E-state index in [2.05, 4.69) is 48.1 Å². The predicted octanol–water partition coefficient (Wildman–Crippen LogP) is 2.50. The number of likely N-dealkylation sites (tertiary alicyclic amines) is 1. The van der Waals surface area contributed by atoms with Crippen LogP contribution in [0.3, 0.4) is 0 Å². The van der Waals surface area contributed by atoms with E-state index in [1.165, 1.54) is 5.56 Å². The zero-order valence-electron chi connectivity index (χ0n) is 17.2. The van der Waals surface area contributed by atoms with E-state index in [9.17, 15) is 4.79 Å². The molecule has 2 fully saturated rings. The topological polar surface area (TPSA) is 66.5 Å². The van der Waals surface area contributed by atoms with E-state index in [0.717, 1.165) is 49.5 Å². The number of hydrazine groups is 1.